The maximum atomic E-state index is 14.7. The van der Waals surface area contributed by atoms with Gasteiger partial charge in [-0.2, -0.15) is 0 Å². The molecule has 0 unspecified atom stereocenters. The Bertz CT molecular complexity index is 1260. The predicted molar refractivity (Wildman–Crippen MR) is 136 cm³/mol. The SMILES string of the molecule is Cc1ccc(C#Cc2ccc(C#Cc3cc(F)c(CC4CCC(C)CC4)c(F)c3)cc2)cc1C. The summed E-state index contributed by atoms with van der Waals surface area (Å²) in [6, 6.07) is 16.5. The average Bonchev–Trinajstić information content (AvgIpc) is 2.83. The second-order valence-corrected chi connectivity index (χ2v) is 9.62. The molecule has 0 aromatic heterocycles. The van der Waals surface area contributed by atoms with Crippen LogP contribution in [0.15, 0.2) is 54.6 Å². The van der Waals surface area contributed by atoms with Crippen LogP contribution in [0.3, 0.4) is 0 Å². The largest absolute Gasteiger partial charge is 0.207 e. The van der Waals surface area contributed by atoms with Crippen molar-refractivity contribution in [1.82, 2.24) is 0 Å². The fraction of sp³-hybridized carbons (Fsp3) is 0.312. The van der Waals surface area contributed by atoms with Crippen molar-refractivity contribution in [1.29, 1.82) is 0 Å². The minimum absolute atomic E-state index is 0.205. The Morgan fingerprint density at radius 3 is 1.71 bits per heavy atom. The van der Waals surface area contributed by atoms with E-state index in [1.807, 2.05) is 30.3 Å². The maximum absolute atomic E-state index is 14.7. The highest BCUT2D eigenvalue weighted by Gasteiger charge is 2.21. The lowest BCUT2D eigenvalue weighted by atomic mass is 9.80. The summed E-state index contributed by atoms with van der Waals surface area (Å²) < 4.78 is 29.3. The van der Waals surface area contributed by atoms with Crippen molar-refractivity contribution in [2.75, 3.05) is 0 Å². The second-order valence-electron chi connectivity index (χ2n) is 9.62. The van der Waals surface area contributed by atoms with E-state index >= 15 is 0 Å². The zero-order valence-electron chi connectivity index (χ0n) is 20.1. The molecule has 34 heavy (non-hydrogen) atoms. The van der Waals surface area contributed by atoms with Crippen molar-refractivity contribution in [2.45, 2.75) is 52.9 Å². The molecule has 172 valence electrons. The highest BCUT2D eigenvalue weighted by Crippen LogP contribution is 2.32. The highest BCUT2D eigenvalue weighted by molar-refractivity contribution is 5.49. The van der Waals surface area contributed by atoms with E-state index in [0.717, 1.165) is 48.3 Å². The van der Waals surface area contributed by atoms with Crippen LogP contribution in [0.25, 0.3) is 0 Å². The Balaban J connectivity index is 1.43. The van der Waals surface area contributed by atoms with Crippen LogP contribution in [-0.4, -0.2) is 0 Å². The molecule has 0 radical (unpaired) electrons. The molecule has 0 aliphatic heterocycles. The first kappa shape index (κ1) is 23.8. The van der Waals surface area contributed by atoms with Crippen LogP contribution in [0.5, 0.6) is 0 Å². The Labute approximate surface area is 202 Å². The first-order valence-corrected chi connectivity index (χ1v) is 12.1. The molecule has 0 saturated heterocycles. The molecule has 0 spiro atoms. The zero-order chi connectivity index (χ0) is 24.1. The summed E-state index contributed by atoms with van der Waals surface area (Å²) in [5.41, 5.74) is 5.69. The zero-order valence-corrected chi connectivity index (χ0v) is 20.1. The molecule has 0 heterocycles. The molecule has 0 amide bonds. The minimum Gasteiger partial charge on any atom is -0.207 e. The van der Waals surface area contributed by atoms with Crippen LogP contribution in [0.1, 0.15) is 71.6 Å². The lowest BCUT2D eigenvalue weighted by Gasteiger charge is -2.26. The van der Waals surface area contributed by atoms with Gasteiger partial charge in [0.2, 0.25) is 0 Å². The lowest BCUT2D eigenvalue weighted by molar-refractivity contribution is 0.285. The first-order valence-electron chi connectivity index (χ1n) is 12.1. The van der Waals surface area contributed by atoms with Gasteiger partial charge in [-0.3, -0.25) is 0 Å². The normalized spacial score (nSPS) is 17.3. The Kier molecular flexibility index (Phi) is 7.49. The van der Waals surface area contributed by atoms with Gasteiger partial charge in [-0.05, 0) is 105 Å². The van der Waals surface area contributed by atoms with Crippen molar-refractivity contribution >= 4 is 0 Å². The van der Waals surface area contributed by atoms with Crippen LogP contribution in [0.4, 0.5) is 8.78 Å². The van der Waals surface area contributed by atoms with E-state index in [0.29, 0.717) is 17.9 Å². The number of hydrogen-bond acceptors (Lipinski definition) is 0. The summed E-state index contributed by atoms with van der Waals surface area (Å²) in [4.78, 5) is 0. The molecule has 0 nitrogen and oxygen atoms in total. The molecular formula is C32H30F2. The van der Waals surface area contributed by atoms with E-state index in [9.17, 15) is 8.78 Å². The van der Waals surface area contributed by atoms with Crippen molar-refractivity contribution in [3.63, 3.8) is 0 Å². The van der Waals surface area contributed by atoms with Crippen LogP contribution < -0.4 is 0 Å². The topological polar surface area (TPSA) is 0 Å². The molecule has 0 N–H and O–H groups in total. The van der Waals surface area contributed by atoms with Crippen LogP contribution in [-0.2, 0) is 6.42 Å². The third-order valence-corrected chi connectivity index (χ3v) is 6.86. The van der Waals surface area contributed by atoms with Gasteiger partial charge in [0.1, 0.15) is 11.6 Å². The third-order valence-electron chi connectivity index (χ3n) is 6.86. The third kappa shape index (κ3) is 6.15. The standard InChI is InChI=1S/C32H30F2/c1-22-4-7-28(8-5-22)19-30-31(33)20-29(21-32(30)34)17-15-26-12-10-25(11-13-26)14-16-27-9-6-23(2)24(3)18-27/h6,9-13,18,20-22,28H,4-5,7-8,19H2,1-3H3. The number of halogens is 2. The van der Waals surface area contributed by atoms with E-state index in [1.165, 1.54) is 23.3 Å². The summed E-state index contributed by atoms with van der Waals surface area (Å²) in [5.74, 6) is 12.4. The van der Waals surface area contributed by atoms with Crippen molar-refractivity contribution in [3.05, 3.63) is 105 Å². The number of rotatable bonds is 2. The number of hydrogen-bond donors (Lipinski definition) is 0. The fourth-order valence-electron chi connectivity index (χ4n) is 4.44. The van der Waals surface area contributed by atoms with Crippen LogP contribution in [0.2, 0.25) is 0 Å². The molecule has 1 aliphatic carbocycles. The van der Waals surface area contributed by atoms with Gasteiger partial charge < -0.3 is 0 Å². The van der Waals surface area contributed by atoms with Crippen molar-refractivity contribution < 1.29 is 8.78 Å². The summed E-state index contributed by atoms with van der Waals surface area (Å²) in [5, 5.41) is 0. The molecule has 3 aromatic carbocycles. The highest BCUT2D eigenvalue weighted by atomic mass is 19.1. The van der Waals surface area contributed by atoms with E-state index in [1.54, 1.807) is 0 Å². The molecule has 0 atom stereocenters. The van der Waals surface area contributed by atoms with Crippen molar-refractivity contribution in [2.24, 2.45) is 11.8 Å². The molecule has 4 rings (SSSR count). The second kappa shape index (κ2) is 10.7. The average molecular weight is 453 g/mol. The smallest absolute Gasteiger partial charge is 0.130 e. The summed E-state index contributed by atoms with van der Waals surface area (Å²) in [6.07, 6.45) is 4.86. The summed E-state index contributed by atoms with van der Waals surface area (Å²) in [7, 11) is 0. The van der Waals surface area contributed by atoms with Gasteiger partial charge in [-0.1, -0.05) is 49.5 Å². The van der Waals surface area contributed by atoms with E-state index in [2.05, 4.69) is 56.6 Å². The van der Waals surface area contributed by atoms with Gasteiger partial charge in [-0.25, -0.2) is 8.78 Å². The van der Waals surface area contributed by atoms with E-state index < -0.39 is 11.6 Å². The Morgan fingerprint density at radius 1 is 0.647 bits per heavy atom. The summed E-state index contributed by atoms with van der Waals surface area (Å²) >= 11 is 0. The van der Waals surface area contributed by atoms with Gasteiger partial charge >= 0.3 is 0 Å². The van der Waals surface area contributed by atoms with E-state index in [4.69, 9.17) is 0 Å². The molecule has 1 saturated carbocycles. The van der Waals surface area contributed by atoms with Gasteiger partial charge in [0.15, 0.2) is 0 Å². The van der Waals surface area contributed by atoms with E-state index in [-0.39, 0.29) is 5.56 Å². The number of aryl methyl sites for hydroxylation is 2. The monoisotopic (exact) mass is 452 g/mol. The molecule has 3 aromatic rings. The lowest BCUT2D eigenvalue weighted by Crippen LogP contribution is -2.15. The molecular weight excluding hydrogens is 422 g/mol. The fourth-order valence-corrected chi connectivity index (χ4v) is 4.44. The van der Waals surface area contributed by atoms with Gasteiger partial charge in [0, 0.05) is 27.8 Å². The van der Waals surface area contributed by atoms with Gasteiger partial charge in [-0.15, -0.1) is 0 Å². The first-order chi connectivity index (χ1) is 16.4. The molecule has 2 heteroatoms. The quantitative estimate of drug-likeness (QED) is 0.349. The van der Waals surface area contributed by atoms with Gasteiger partial charge in [0.25, 0.3) is 0 Å². The van der Waals surface area contributed by atoms with Gasteiger partial charge in [0.05, 0.1) is 0 Å². The van der Waals surface area contributed by atoms with Crippen LogP contribution >= 0.6 is 0 Å². The molecule has 1 fully saturated rings. The van der Waals surface area contributed by atoms with Crippen molar-refractivity contribution in [3.8, 4) is 23.7 Å². The Morgan fingerprint density at radius 2 is 1.15 bits per heavy atom. The maximum Gasteiger partial charge on any atom is 0.130 e. The minimum atomic E-state index is -0.486. The predicted octanol–water partition coefficient (Wildman–Crippen LogP) is 7.75. The number of benzene rings is 3. The molecule has 0 bridgehead atoms. The Hall–Kier alpha value is -3.36. The molecule has 1 aliphatic rings. The summed E-state index contributed by atoms with van der Waals surface area (Å²) in [6.45, 7) is 6.41. The van der Waals surface area contributed by atoms with Crippen LogP contribution in [0, 0.1) is 61.0 Å².